The quantitative estimate of drug-likeness (QED) is 0.903. The van der Waals surface area contributed by atoms with E-state index in [0.29, 0.717) is 6.04 Å². The molecule has 3 unspecified atom stereocenters. The van der Waals surface area contributed by atoms with Crippen molar-refractivity contribution in [3.8, 4) is 0 Å². The van der Waals surface area contributed by atoms with Gasteiger partial charge >= 0.3 is 0 Å². The molecule has 1 aromatic carbocycles. The Morgan fingerprint density at radius 2 is 1.84 bits per heavy atom. The second-order valence-electron chi connectivity index (χ2n) is 6.50. The first-order valence-electron chi connectivity index (χ1n) is 7.70. The van der Waals surface area contributed by atoms with E-state index < -0.39 is 0 Å². The third-order valence-corrected chi connectivity index (χ3v) is 5.33. The fourth-order valence-electron chi connectivity index (χ4n) is 3.99. The monoisotopic (exact) mass is 258 g/mol. The predicted molar refractivity (Wildman–Crippen MR) is 80.1 cm³/mol. The van der Waals surface area contributed by atoms with Gasteiger partial charge in [-0.05, 0) is 55.2 Å². The van der Waals surface area contributed by atoms with Crippen LogP contribution in [0.1, 0.15) is 42.0 Å². The first-order chi connectivity index (χ1) is 9.19. The first-order valence-corrected chi connectivity index (χ1v) is 7.70. The molecule has 2 N–H and O–H groups in total. The van der Waals surface area contributed by atoms with Crippen molar-refractivity contribution in [3.05, 3.63) is 34.9 Å². The van der Waals surface area contributed by atoms with E-state index >= 15 is 0 Å². The molecule has 2 aliphatic rings. The van der Waals surface area contributed by atoms with Crippen molar-refractivity contribution in [3.63, 3.8) is 0 Å². The molecule has 3 rings (SSSR count). The average Bonchev–Trinajstić information content (AvgIpc) is 2.95. The molecule has 0 spiro atoms. The zero-order valence-corrected chi connectivity index (χ0v) is 12.2. The Hall–Kier alpha value is -0.860. The number of nitrogens with zero attached hydrogens (tertiary/aromatic N) is 1. The number of fused-ring (bicyclic) bond motifs is 1. The highest BCUT2D eigenvalue weighted by atomic mass is 15.2. The summed E-state index contributed by atoms with van der Waals surface area (Å²) in [6.45, 7) is 7.64. The molecule has 0 amide bonds. The third-order valence-electron chi connectivity index (χ3n) is 5.33. The molecule has 104 valence electrons. The number of likely N-dealkylation sites (tertiary alicyclic amines) is 1. The Morgan fingerprint density at radius 1 is 1.16 bits per heavy atom. The summed E-state index contributed by atoms with van der Waals surface area (Å²) < 4.78 is 0. The standard InChI is InChI=1S/C17H26N2/c1-12-6-7-14(8-13(12)2)17(9-18)19-10-15-4-3-5-16(15)11-19/h6-8,15-17H,3-5,9-11,18H2,1-2H3. The number of nitrogens with two attached hydrogens (primary N) is 1. The van der Waals surface area contributed by atoms with Crippen LogP contribution in [-0.2, 0) is 0 Å². The minimum Gasteiger partial charge on any atom is -0.329 e. The lowest BCUT2D eigenvalue weighted by atomic mass is 10.00. The van der Waals surface area contributed by atoms with Crippen LogP contribution in [0.5, 0.6) is 0 Å². The molecule has 0 bridgehead atoms. The van der Waals surface area contributed by atoms with Crippen molar-refractivity contribution in [2.45, 2.75) is 39.2 Å². The number of hydrogen-bond acceptors (Lipinski definition) is 2. The van der Waals surface area contributed by atoms with E-state index in [0.717, 1.165) is 18.4 Å². The molecule has 1 aromatic rings. The minimum atomic E-state index is 0.421. The summed E-state index contributed by atoms with van der Waals surface area (Å²) in [5.41, 5.74) is 10.2. The van der Waals surface area contributed by atoms with E-state index in [1.165, 1.54) is 49.0 Å². The van der Waals surface area contributed by atoms with Crippen molar-refractivity contribution in [2.24, 2.45) is 17.6 Å². The zero-order chi connectivity index (χ0) is 13.4. The summed E-state index contributed by atoms with van der Waals surface area (Å²) in [6, 6.07) is 7.27. The van der Waals surface area contributed by atoms with Crippen molar-refractivity contribution >= 4 is 0 Å². The van der Waals surface area contributed by atoms with Gasteiger partial charge in [0.1, 0.15) is 0 Å². The second-order valence-corrected chi connectivity index (χ2v) is 6.50. The number of aryl methyl sites for hydroxylation is 2. The van der Waals surface area contributed by atoms with Gasteiger partial charge in [-0.3, -0.25) is 4.90 Å². The fraction of sp³-hybridized carbons (Fsp3) is 0.647. The third kappa shape index (κ3) is 2.44. The summed E-state index contributed by atoms with van der Waals surface area (Å²) in [4.78, 5) is 2.64. The molecule has 2 heteroatoms. The van der Waals surface area contributed by atoms with Crippen LogP contribution in [0, 0.1) is 25.7 Å². The van der Waals surface area contributed by atoms with Crippen molar-refractivity contribution < 1.29 is 0 Å². The molecule has 19 heavy (non-hydrogen) atoms. The maximum Gasteiger partial charge on any atom is 0.0470 e. The van der Waals surface area contributed by atoms with Crippen LogP contribution in [0.3, 0.4) is 0 Å². The molecule has 3 atom stereocenters. The summed E-state index contributed by atoms with van der Waals surface area (Å²) >= 11 is 0. The maximum absolute atomic E-state index is 6.08. The summed E-state index contributed by atoms with van der Waals surface area (Å²) in [5.74, 6) is 1.89. The molecular formula is C17H26N2. The van der Waals surface area contributed by atoms with Crippen LogP contribution in [0.15, 0.2) is 18.2 Å². The number of rotatable bonds is 3. The van der Waals surface area contributed by atoms with Gasteiger partial charge in [-0.15, -0.1) is 0 Å². The van der Waals surface area contributed by atoms with Gasteiger partial charge in [0.15, 0.2) is 0 Å². The van der Waals surface area contributed by atoms with Crippen LogP contribution >= 0.6 is 0 Å². The van der Waals surface area contributed by atoms with Gasteiger partial charge in [0.05, 0.1) is 0 Å². The fourth-order valence-corrected chi connectivity index (χ4v) is 3.99. The number of benzene rings is 1. The zero-order valence-electron chi connectivity index (χ0n) is 12.2. The highest BCUT2D eigenvalue weighted by Gasteiger charge is 2.38. The molecule has 1 saturated heterocycles. The molecule has 2 nitrogen and oxygen atoms in total. The van der Waals surface area contributed by atoms with Crippen molar-refractivity contribution in [2.75, 3.05) is 19.6 Å². The van der Waals surface area contributed by atoms with Gasteiger partial charge in [-0.1, -0.05) is 24.6 Å². The van der Waals surface area contributed by atoms with Crippen LogP contribution in [0.25, 0.3) is 0 Å². The largest absolute Gasteiger partial charge is 0.329 e. The molecule has 2 fully saturated rings. The summed E-state index contributed by atoms with van der Waals surface area (Å²) in [5, 5.41) is 0. The van der Waals surface area contributed by atoms with E-state index in [4.69, 9.17) is 5.73 Å². The second kappa shape index (κ2) is 5.26. The van der Waals surface area contributed by atoms with Gasteiger partial charge in [-0.25, -0.2) is 0 Å². The van der Waals surface area contributed by atoms with E-state index in [1.54, 1.807) is 0 Å². The van der Waals surface area contributed by atoms with E-state index in [-0.39, 0.29) is 0 Å². The lowest BCUT2D eigenvalue weighted by Gasteiger charge is -2.28. The minimum absolute atomic E-state index is 0.421. The summed E-state index contributed by atoms with van der Waals surface area (Å²) in [6.07, 6.45) is 4.32. The lowest BCUT2D eigenvalue weighted by molar-refractivity contribution is 0.232. The van der Waals surface area contributed by atoms with Gasteiger partial charge in [0.25, 0.3) is 0 Å². The molecule has 1 saturated carbocycles. The normalized spacial score (nSPS) is 28.6. The number of hydrogen-bond donors (Lipinski definition) is 1. The Labute approximate surface area is 117 Å². The van der Waals surface area contributed by atoms with Crippen LogP contribution in [-0.4, -0.2) is 24.5 Å². The topological polar surface area (TPSA) is 29.3 Å². The molecule has 0 aromatic heterocycles. The van der Waals surface area contributed by atoms with Gasteiger partial charge < -0.3 is 5.73 Å². The molecular weight excluding hydrogens is 232 g/mol. The molecule has 1 aliphatic carbocycles. The Balaban J connectivity index is 1.79. The highest BCUT2D eigenvalue weighted by molar-refractivity contribution is 5.32. The van der Waals surface area contributed by atoms with Gasteiger partial charge in [0.2, 0.25) is 0 Å². The van der Waals surface area contributed by atoms with Crippen LogP contribution in [0.4, 0.5) is 0 Å². The molecule has 1 aliphatic heterocycles. The van der Waals surface area contributed by atoms with Crippen molar-refractivity contribution in [1.82, 2.24) is 4.90 Å². The highest BCUT2D eigenvalue weighted by Crippen LogP contribution is 2.40. The first kappa shape index (κ1) is 13.1. The van der Waals surface area contributed by atoms with E-state index in [1.807, 2.05) is 0 Å². The summed E-state index contributed by atoms with van der Waals surface area (Å²) in [7, 11) is 0. The smallest absolute Gasteiger partial charge is 0.0470 e. The Kier molecular flexibility index (Phi) is 3.64. The Morgan fingerprint density at radius 3 is 2.42 bits per heavy atom. The predicted octanol–water partition coefficient (Wildman–Crippen LogP) is 3.04. The lowest BCUT2D eigenvalue weighted by Crippen LogP contribution is -2.32. The van der Waals surface area contributed by atoms with Crippen LogP contribution in [0.2, 0.25) is 0 Å². The SMILES string of the molecule is Cc1ccc(C(CN)N2CC3CCCC3C2)cc1C. The van der Waals surface area contributed by atoms with Gasteiger partial charge in [0, 0.05) is 25.7 Å². The van der Waals surface area contributed by atoms with Crippen molar-refractivity contribution in [1.29, 1.82) is 0 Å². The molecule has 0 radical (unpaired) electrons. The van der Waals surface area contributed by atoms with E-state index in [9.17, 15) is 0 Å². The molecule has 1 heterocycles. The maximum atomic E-state index is 6.08. The Bertz CT molecular complexity index is 443. The average molecular weight is 258 g/mol. The van der Waals surface area contributed by atoms with E-state index in [2.05, 4.69) is 36.9 Å². The van der Waals surface area contributed by atoms with Gasteiger partial charge in [-0.2, -0.15) is 0 Å². The van der Waals surface area contributed by atoms with Crippen LogP contribution < -0.4 is 5.73 Å².